The molecule has 0 amide bonds. The molecule has 132 valence electrons. The third-order valence-corrected chi connectivity index (χ3v) is 5.19. The zero-order valence-electron chi connectivity index (χ0n) is 15.0. The van der Waals surface area contributed by atoms with Crippen molar-refractivity contribution in [3.05, 3.63) is 22.4 Å². The van der Waals surface area contributed by atoms with Gasteiger partial charge in [-0.05, 0) is 44.3 Å². The first kappa shape index (κ1) is 20.7. The fourth-order valence-electron chi connectivity index (χ4n) is 2.88. The van der Waals surface area contributed by atoms with Crippen LogP contribution in [0.25, 0.3) is 0 Å². The molecule has 0 spiro atoms. The van der Waals surface area contributed by atoms with E-state index in [1.165, 1.54) is 11.3 Å². The molecule has 1 saturated heterocycles. The van der Waals surface area contributed by atoms with Gasteiger partial charge in [-0.2, -0.15) is 0 Å². The van der Waals surface area contributed by atoms with Crippen LogP contribution >= 0.6 is 35.3 Å². The van der Waals surface area contributed by atoms with Crippen molar-refractivity contribution in [2.24, 2.45) is 10.4 Å². The van der Waals surface area contributed by atoms with E-state index >= 15 is 0 Å². The lowest BCUT2D eigenvalue weighted by molar-refractivity contribution is 0.308. The van der Waals surface area contributed by atoms with Gasteiger partial charge in [0.25, 0.3) is 0 Å². The molecular formula is C17H31IN4S. The second-order valence-corrected chi connectivity index (χ2v) is 8.00. The van der Waals surface area contributed by atoms with E-state index in [2.05, 4.69) is 67.5 Å². The predicted molar refractivity (Wildman–Crippen MR) is 112 cm³/mol. The Bertz CT molecular complexity index is 485. The van der Waals surface area contributed by atoms with Crippen molar-refractivity contribution in [1.82, 2.24) is 15.1 Å². The Hall–Kier alpha value is -0.340. The van der Waals surface area contributed by atoms with Crippen LogP contribution in [0.4, 0.5) is 0 Å². The quantitative estimate of drug-likeness (QED) is 0.422. The molecule has 1 aromatic heterocycles. The number of nitrogens with zero attached hydrogens (tertiary/aromatic N) is 3. The molecule has 0 radical (unpaired) electrons. The maximum Gasteiger partial charge on any atom is 0.194 e. The number of thiophene rings is 1. The third kappa shape index (κ3) is 5.90. The monoisotopic (exact) mass is 450 g/mol. The number of likely N-dealkylation sites (tertiary alicyclic amines) is 1. The van der Waals surface area contributed by atoms with Crippen LogP contribution in [0.5, 0.6) is 0 Å². The van der Waals surface area contributed by atoms with Gasteiger partial charge in [-0.3, -0.25) is 4.99 Å². The van der Waals surface area contributed by atoms with Crippen molar-refractivity contribution in [2.45, 2.75) is 33.2 Å². The summed E-state index contributed by atoms with van der Waals surface area (Å²) < 4.78 is 0. The Morgan fingerprint density at radius 1 is 1.48 bits per heavy atom. The molecule has 1 fully saturated rings. The van der Waals surface area contributed by atoms with Crippen molar-refractivity contribution in [1.29, 1.82) is 0 Å². The molecule has 1 aliphatic rings. The molecule has 2 rings (SSSR count). The highest BCUT2D eigenvalue weighted by molar-refractivity contribution is 14.0. The van der Waals surface area contributed by atoms with Crippen LogP contribution in [-0.4, -0.2) is 56.0 Å². The van der Waals surface area contributed by atoms with Crippen LogP contribution < -0.4 is 5.32 Å². The van der Waals surface area contributed by atoms with Gasteiger partial charge in [-0.15, -0.1) is 35.3 Å². The molecule has 0 bridgehead atoms. The number of hydrogen-bond donors (Lipinski definition) is 1. The number of hydrogen-bond acceptors (Lipinski definition) is 3. The zero-order chi connectivity index (χ0) is 16.2. The van der Waals surface area contributed by atoms with Crippen molar-refractivity contribution < 1.29 is 0 Å². The number of halogens is 1. The van der Waals surface area contributed by atoms with E-state index < -0.39 is 0 Å². The predicted octanol–water partition coefficient (Wildman–Crippen LogP) is 3.67. The van der Waals surface area contributed by atoms with Crippen LogP contribution in [0, 0.1) is 5.41 Å². The van der Waals surface area contributed by atoms with Gasteiger partial charge in [0.1, 0.15) is 0 Å². The Balaban J connectivity index is 0.00000264. The van der Waals surface area contributed by atoms with Gasteiger partial charge >= 0.3 is 0 Å². The fraction of sp³-hybridized carbons (Fsp3) is 0.706. The highest BCUT2D eigenvalue weighted by Crippen LogP contribution is 2.29. The van der Waals surface area contributed by atoms with Crippen LogP contribution in [-0.2, 0) is 0 Å². The zero-order valence-corrected chi connectivity index (χ0v) is 18.1. The minimum atomic E-state index is 0. The van der Waals surface area contributed by atoms with Crippen LogP contribution in [0.3, 0.4) is 0 Å². The summed E-state index contributed by atoms with van der Waals surface area (Å²) in [5.74, 6) is 1.07. The molecule has 1 atom stereocenters. The van der Waals surface area contributed by atoms with E-state index in [-0.39, 0.29) is 24.0 Å². The highest BCUT2D eigenvalue weighted by Gasteiger charge is 2.31. The van der Waals surface area contributed by atoms with Gasteiger partial charge in [-0.25, -0.2) is 0 Å². The standard InChI is InChI=1S/C17H30N4S.HI/c1-6-18-16(21-10-9-17(2,3)13-21)19-12-14(20(4)5)15-8-7-11-22-15;/h7-8,11,14H,6,9-10,12-13H2,1-5H3,(H,18,19);1H. The normalized spacial score (nSPS) is 18.9. The molecule has 0 aliphatic carbocycles. The summed E-state index contributed by atoms with van der Waals surface area (Å²) in [6.07, 6.45) is 1.24. The van der Waals surface area contributed by atoms with Crippen LogP contribution in [0.15, 0.2) is 22.5 Å². The third-order valence-electron chi connectivity index (χ3n) is 4.22. The average Bonchev–Trinajstić information content (AvgIpc) is 3.07. The molecule has 0 aromatic carbocycles. The summed E-state index contributed by atoms with van der Waals surface area (Å²) in [6, 6.07) is 4.68. The fourth-order valence-corrected chi connectivity index (χ4v) is 3.79. The van der Waals surface area contributed by atoms with E-state index in [9.17, 15) is 0 Å². The minimum absolute atomic E-state index is 0. The van der Waals surface area contributed by atoms with Gasteiger partial charge in [0.2, 0.25) is 0 Å². The molecule has 2 heterocycles. The molecule has 0 saturated carbocycles. The summed E-state index contributed by atoms with van der Waals surface area (Å²) in [7, 11) is 4.26. The first-order valence-corrected chi connectivity index (χ1v) is 9.04. The number of guanidine groups is 1. The molecule has 6 heteroatoms. The summed E-state index contributed by atoms with van der Waals surface area (Å²) >= 11 is 1.81. The summed E-state index contributed by atoms with van der Waals surface area (Å²) in [5, 5.41) is 5.61. The second-order valence-electron chi connectivity index (χ2n) is 7.03. The topological polar surface area (TPSA) is 30.9 Å². The largest absolute Gasteiger partial charge is 0.357 e. The molecule has 1 N–H and O–H groups in total. The van der Waals surface area contributed by atoms with Crippen LogP contribution in [0.1, 0.15) is 38.1 Å². The van der Waals surface area contributed by atoms with Crippen LogP contribution in [0.2, 0.25) is 0 Å². The van der Waals surface area contributed by atoms with E-state index in [1.54, 1.807) is 0 Å². The second kappa shape index (κ2) is 9.22. The first-order valence-electron chi connectivity index (χ1n) is 8.16. The molecule has 1 unspecified atom stereocenters. The van der Waals surface area contributed by atoms with Crippen molar-refractivity contribution in [3.8, 4) is 0 Å². The number of aliphatic imine (C=N–C) groups is 1. The van der Waals surface area contributed by atoms with Gasteiger partial charge in [0.15, 0.2) is 5.96 Å². The van der Waals surface area contributed by atoms with Crippen molar-refractivity contribution in [3.63, 3.8) is 0 Å². The van der Waals surface area contributed by atoms with Gasteiger partial charge in [0.05, 0.1) is 12.6 Å². The summed E-state index contributed by atoms with van der Waals surface area (Å²) in [5.41, 5.74) is 0.394. The summed E-state index contributed by atoms with van der Waals surface area (Å²) in [6.45, 7) is 10.7. The molecule has 4 nitrogen and oxygen atoms in total. The number of rotatable bonds is 5. The van der Waals surface area contributed by atoms with Gasteiger partial charge in [0, 0.05) is 24.5 Å². The van der Waals surface area contributed by atoms with E-state index in [1.807, 2.05) is 11.3 Å². The van der Waals surface area contributed by atoms with E-state index in [0.29, 0.717) is 11.5 Å². The SMILES string of the molecule is CCNC(=NCC(c1cccs1)N(C)C)N1CCC(C)(C)C1.I. The molecular weight excluding hydrogens is 419 g/mol. The lowest BCUT2D eigenvalue weighted by Crippen LogP contribution is -2.41. The molecule has 1 aliphatic heterocycles. The number of likely N-dealkylation sites (N-methyl/N-ethyl adjacent to an activating group) is 1. The maximum absolute atomic E-state index is 4.94. The first-order chi connectivity index (χ1) is 10.4. The summed E-state index contributed by atoms with van der Waals surface area (Å²) in [4.78, 5) is 11.0. The molecule has 1 aromatic rings. The van der Waals surface area contributed by atoms with E-state index in [0.717, 1.165) is 32.1 Å². The van der Waals surface area contributed by atoms with Gasteiger partial charge < -0.3 is 15.1 Å². The smallest absolute Gasteiger partial charge is 0.194 e. The lowest BCUT2D eigenvalue weighted by atomic mass is 9.93. The maximum atomic E-state index is 4.94. The van der Waals surface area contributed by atoms with E-state index in [4.69, 9.17) is 4.99 Å². The Kier molecular flexibility index (Phi) is 8.30. The Morgan fingerprint density at radius 3 is 2.70 bits per heavy atom. The lowest BCUT2D eigenvalue weighted by Gasteiger charge is -2.26. The average molecular weight is 450 g/mol. The number of nitrogens with one attached hydrogen (secondary N) is 1. The molecule has 23 heavy (non-hydrogen) atoms. The highest BCUT2D eigenvalue weighted by atomic mass is 127. The Labute approximate surface area is 162 Å². The van der Waals surface area contributed by atoms with Crippen molar-refractivity contribution in [2.75, 3.05) is 40.3 Å². The van der Waals surface area contributed by atoms with Gasteiger partial charge in [-0.1, -0.05) is 19.9 Å². The Morgan fingerprint density at radius 2 is 2.22 bits per heavy atom. The minimum Gasteiger partial charge on any atom is -0.357 e. The van der Waals surface area contributed by atoms with Crippen molar-refractivity contribution >= 4 is 41.3 Å².